The Morgan fingerprint density at radius 2 is 1.51 bits per heavy atom. The molecule has 232 valence electrons. The average Bonchev–Trinajstić information content (AvgIpc) is 3.39. The number of nitrogens with one attached hydrogen (secondary N) is 1. The van der Waals surface area contributed by atoms with E-state index in [1.807, 2.05) is 50.4 Å². The van der Waals surface area contributed by atoms with Gasteiger partial charge in [-0.3, -0.25) is 15.0 Å². The van der Waals surface area contributed by atoms with Crippen molar-refractivity contribution in [2.45, 2.75) is 20.4 Å². The van der Waals surface area contributed by atoms with E-state index in [9.17, 15) is 14.0 Å². The first-order chi connectivity index (χ1) is 21.4. The molecule has 9 nitrogen and oxygen atoms in total. The van der Waals surface area contributed by atoms with Crippen LogP contribution >= 0.6 is 12.4 Å². The van der Waals surface area contributed by atoms with Gasteiger partial charge in [0, 0.05) is 71.0 Å². The summed E-state index contributed by atoms with van der Waals surface area (Å²) in [4.78, 5) is 34.2. The molecule has 0 aliphatic rings. The minimum atomic E-state index is -0.900. The van der Waals surface area contributed by atoms with Crippen LogP contribution in [0.3, 0.4) is 0 Å². The number of pyridine rings is 3. The Morgan fingerprint density at radius 3 is 2.11 bits per heavy atom. The maximum atomic E-state index is 13.8. The Balaban J connectivity index is 0.000000204. The van der Waals surface area contributed by atoms with E-state index in [2.05, 4.69) is 29.6 Å². The van der Waals surface area contributed by atoms with Gasteiger partial charge in [0.1, 0.15) is 5.82 Å². The van der Waals surface area contributed by atoms with E-state index in [0.717, 1.165) is 28.4 Å². The number of ether oxygens (including phenoxy) is 1. The first-order valence-corrected chi connectivity index (χ1v) is 13.9. The molecule has 0 atom stereocenters. The standard InChI is InChI=1S/C15H15FN2O2.C14H12N2O2.C5H5N.ClH/c1-3-18-14-8-10(15(19)20-2)4-5-12(14)11-6-7-17-9-13(11)16;1-2-16-12-7-9(14(17)18)3-4-10(12)11-5-6-15-8-13(11)16;1-2-4-6-5-3-1;/h4-9,18H,3H2,1-2H3;3-8H,2H2,1H3,(H,17,18);1-5H;1H. The number of carboxylic acid groups (broad SMARTS) is 1. The Bertz CT molecular complexity index is 1860. The van der Waals surface area contributed by atoms with Crippen LogP contribution in [0.1, 0.15) is 34.6 Å². The molecule has 4 heterocycles. The number of hydrogen-bond acceptors (Lipinski definition) is 7. The molecule has 6 aromatic rings. The van der Waals surface area contributed by atoms with Gasteiger partial charge in [-0.05, 0) is 62.4 Å². The van der Waals surface area contributed by atoms with Gasteiger partial charge in [-0.15, -0.1) is 12.4 Å². The molecule has 0 aliphatic heterocycles. The number of hydrogen-bond donors (Lipinski definition) is 2. The number of nitrogens with zero attached hydrogens (tertiary/aromatic N) is 4. The summed E-state index contributed by atoms with van der Waals surface area (Å²) in [6.07, 6.45) is 9.77. The molecule has 0 fully saturated rings. The second kappa shape index (κ2) is 16.5. The van der Waals surface area contributed by atoms with Crippen LogP contribution in [0.25, 0.3) is 32.9 Å². The van der Waals surface area contributed by atoms with Crippen LogP contribution in [0.5, 0.6) is 0 Å². The van der Waals surface area contributed by atoms with Crippen molar-refractivity contribution in [1.82, 2.24) is 19.5 Å². The summed E-state index contributed by atoms with van der Waals surface area (Å²) in [7, 11) is 1.33. The van der Waals surface area contributed by atoms with Gasteiger partial charge in [0.2, 0.25) is 0 Å². The number of fused-ring (bicyclic) bond motifs is 3. The third-order valence-corrected chi connectivity index (χ3v) is 6.67. The number of methoxy groups -OCH3 is 1. The minimum absolute atomic E-state index is 0. The lowest BCUT2D eigenvalue weighted by Gasteiger charge is -2.13. The van der Waals surface area contributed by atoms with E-state index in [0.29, 0.717) is 34.5 Å². The van der Waals surface area contributed by atoms with Crippen molar-refractivity contribution in [2.75, 3.05) is 19.0 Å². The van der Waals surface area contributed by atoms with Gasteiger partial charge in [-0.2, -0.15) is 0 Å². The number of halogens is 2. The zero-order valence-electron chi connectivity index (χ0n) is 25.0. The molecule has 0 aliphatic carbocycles. The van der Waals surface area contributed by atoms with Crippen LogP contribution < -0.4 is 5.32 Å². The fourth-order valence-electron chi connectivity index (χ4n) is 4.68. The lowest BCUT2D eigenvalue weighted by Crippen LogP contribution is -2.05. The maximum Gasteiger partial charge on any atom is 0.337 e. The zero-order valence-corrected chi connectivity index (χ0v) is 25.8. The van der Waals surface area contributed by atoms with Gasteiger partial charge in [0.05, 0.1) is 36.1 Å². The van der Waals surface area contributed by atoms with E-state index in [1.165, 1.54) is 19.5 Å². The molecule has 0 unspecified atom stereocenters. The summed E-state index contributed by atoms with van der Waals surface area (Å²) in [5.41, 5.74) is 4.51. The summed E-state index contributed by atoms with van der Waals surface area (Å²) in [5, 5.41) is 14.4. The van der Waals surface area contributed by atoms with E-state index in [4.69, 9.17) is 5.11 Å². The lowest BCUT2D eigenvalue weighted by molar-refractivity contribution is 0.0600. The molecule has 11 heteroatoms. The van der Waals surface area contributed by atoms with Crippen molar-refractivity contribution in [1.29, 1.82) is 0 Å². The van der Waals surface area contributed by atoms with Crippen molar-refractivity contribution >= 4 is 51.8 Å². The molecule has 0 bridgehead atoms. The number of rotatable bonds is 6. The lowest BCUT2D eigenvalue weighted by atomic mass is 10.0. The third kappa shape index (κ3) is 8.18. The van der Waals surface area contributed by atoms with Crippen molar-refractivity contribution < 1.29 is 23.8 Å². The predicted molar refractivity (Wildman–Crippen MR) is 176 cm³/mol. The van der Waals surface area contributed by atoms with Gasteiger partial charge in [-0.25, -0.2) is 14.0 Å². The highest BCUT2D eigenvalue weighted by molar-refractivity contribution is 6.09. The molecule has 0 amide bonds. The first kappa shape index (κ1) is 34.1. The molecule has 0 saturated heterocycles. The number of aromatic nitrogens is 4. The van der Waals surface area contributed by atoms with Gasteiger partial charge in [0.15, 0.2) is 0 Å². The summed E-state index contributed by atoms with van der Waals surface area (Å²) in [6, 6.07) is 19.5. The molecule has 6 rings (SSSR count). The molecular weight excluding hydrogens is 597 g/mol. The highest BCUT2D eigenvalue weighted by Gasteiger charge is 2.14. The normalized spacial score (nSPS) is 10.0. The number of carbonyl (C=O) groups is 2. The zero-order chi connectivity index (χ0) is 31.5. The summed E-state index contributed by atoms with van der Waals surface area (Å²) < 4.78 is 20.6. The van der Waals surface area contributed by atoms with E-state index in [1.54, 1.807) is 55.0 Å². The van der Waals surface area contributed by atoms with Crippen molar-refractivity contribution in [2.24, 2.45) is 0 Å². The topological polar surface area (TPSA) is 119 Å². The SMILES string of the molecule is CCNc1cc(C(=O)OC)ccc1-c1ccncc1F.CCn1c2cnccc2c2ccc(C(=O)O)cc21.Cl.c1ccncc1. The Morgan fingerprint density at radius 1 is 0.822 bits per heavy atom. The number of carboxylic acids is 1. The van der Waals surface area contributed by atoms with Crippen molar-refractivity contribution in [3.8, 4) is 11.1 Å². The average molecular weight is 630 g/mol. The Kier molecular flexibility index (Phi) is 12.5. The van der Waals surface area contributed by atoms with Crippen LogP contribution in [0.4, 0.5) is 10.1 Å². The van der Waals surface area contributed by atoms with Crippen LogP contribution in [0, 0.1) is 5.82 Å². The fourth-order valence-corrected chi connectivity index (χ4v) is 4.68. The van der Waals surface area contributed by atoms with Crippen LogP contribution in [-0.4, -0.2) is 50.2 Å². The van der Waals surface area contributed by atoms with Crippen LogP contribution in [-0.2, 0) is 11.3 Å². The van der Waals surface area contributed by atoms with E-state index >= 15 is 0 Å². The molecule has 0 saturated carbocycles. The monoisotopic (exact) mass is 629 g/mol. The summed E-state index contributed by atoms with van der Waals surface area (Å²) >= 11 is 0. The number of esters is 1. The number of carbonyl (C=O) groups excluding carboxylic acids is 1. The molecule has 2 N–H and O–H groups in total. The number of aryl methyl sites for hydroxylation is 1. The van der Waals surface area contributed by atoms with Gasteiger partial charge in [-0.1, -0.05) is 18.2 Å². The van der Waals surface area contributed by atoms with Crippen LogP contribution in [0.15, 0.2) is 104 Å². The Labute approximate surface area is 266 Å². The summed E-state index contributed by atoms with van der Waals surface area (Å²) in [6.45, 7) is 5.41. The van der Waals surface area contributed by atoms with Crippen LogP contribution in [0.2, 0.25) is 0 Å². The number of anilines is 1. The maximum absolute atomic E-state index is 13.8. The van der Waals surface area contributed by atoms with Crippen molar-refractivity contribution in [3.05, 3.63) is 121 Å². The fraction of sp³-hybridized carbons (Fsp3) is 0.147. The molecule has 45 heavy (non-hydrogen) atoms. The first-order valence-electron chi connectivity index (χ1n) is 13.9. The number of aromatic carboxylic acids is 1. The number of benzene rings is 2. The highest BCUT2D eigenvalue weighted by atomic mass is 35.5. The predicted octanol–water partition coefficient (Wildman–Crippen LogP) is 7.52. The molecule has 2 aromatic carbocycles. The Hall–Kier alpha value is -5.35. The van der Waals surface area contributed by atoms with Gasteiger partial charge >= 0.3 is 11.9 Å². The second-order valence-corrected chi connectivity index (χ2v) is 9.34. The quantitative estimate of drug-likeness (QED) is 0.182. The molecule has 4 aromatic heterocycles. The molecule has 0 spiro atoms. The van der Waals surface area contributed by atoms with Gasteiger partial charge in [0.25, 0.3) is 0 Å². The largest absolute Gasteiger partial charge is 0.478 e. The molecular formula is C34H33ClFN5O4. The van der Waals surface area contributed by atoms with Crippen molar-refractivity contribution in [3.63, 3.8) is 0 Å². The van der Waals surface area contributed by atoms with E-state index < -0.39 is 17.8 Å². The van der Waals surface area contributed by atoms with E-state index in [-0.39, 0.29) is 12.4 Å². The molecule has 0 radical (unpaired) electrons. The second-order valence-electron chi connectivity index (χ2n) is 9.34. The summed E-state index contributed by atoms with van der Waals surface area (Å²) in [5.74, 6) is -1.73. The highest BCUT2D eigenvalue weighted by Crippen LogP contribution is 2.31. The third-order valence-electron chi connectivity index (χ3n) is 6.67. The van der Waals surface area contributed by atoms with Gasteiger partial charge < -0.3 is 19.7 Å². The minimum Gasteiger partial charge on any atom is -0.478 e. The smallest absolute Gasteiger partial charge is 0.337 e.